The molecule has 0 saturated heterocycles. The smallest absolute Gasteiger partial charge is 0.163 e. The first kappa shape index (κ1) is 15.7. The largest absolute Gasteiger partial charge is 0.378 e. The predicted molar refractivity (Wildman–Crippen MR) is 97.4 cm³/mol. The Kier molecular flexibility index (Phi) is 4.17. The molecule has 0 bridgehead atoms. The van der Waals surface area contributed by atoms with E-state index in [9.17, 15) is 0 Å². The average molecular weight is 351 g/mol. The van der Waals surface area contributed by atoms with Crippen molar-refractivity contribution in [3.63, 3.8) is 0 Å². The Morgan fingerprint density at radius 1 is 1.04 bits per heavy atom. The van der Waals surface area contributed by atoms with Crippen LogP contribution in [0.1, 0.15) is 5.69 Å². The summed E-state index contributed by atoms with van der Waals surface area (Å²) in [4.78, 5) is 8.76. The minimum absolute atomic E-state index is 0.397. The second-order valence-corrected chi connectivity index (χ2v) is 6.01. The molecule has 0 amide bonds. The molecule has 0 spiro atoms. The summed E-state index contributed by atoms with van der Waals surface area (Å²) in [6.07, 6.45) is 5.35. The molecule has 0 aliphatic rings. The molecule has 0 atom stereocenters. The lowest BCUT2D eigenvalue weighted by Crippen LogP contribution is -1.96. The fourth-order valence-electron chi connectivity index (χ4n) is 2.87. The van der Waals surface area contributed by atoms with Crippen molar-refractivity contribution in [2.24, 2.45) is 0 Å². The molecule has 6 heteroatoms. The van der Waals surface area contributed by atoms with Gasteiger partial charge in [0.25, 0.3) is 0 Å². The van der Waals surface area contributed by atoms with Crippen LogP contribution in [-0.4, -0.2) is 26.7 Å². The van der Waals surface area contributed by atoms with E-state index < -0.39 is 0 Å². The molecular weight excluding hydrogens is 336 g/mol. The number of pyridine rings is 1. The summed E-state index contributed by atoms with van der Waals surface area (Å²) >= 11 is 6.03. The van der Waals surface area contributed by atoms with Gasteiger partial charge >= 0.3 is 0 Å². The fraction of sp³-hybridized carbons (Fsp3) is 0.105. The van der Waals surface area contributed by atoms with Gasteiger partial charge in [0.2, 0.25) is 0 Å². The van der Waals surface area contributed by atoms with E-state index in [1.807, 2.05) is 53.2 Å². The van der Waals surface area contributed by atoms with Gasteiger partial charge in [-0.1, -0.05) is 23.7 Å². The number of rotatable bonds is 4. The van der Waals surface area contributed by atoms with Crippen molar-refractivity contribution < 1.29 is 4.74 Å². The lowest BCUT2D eigenvalue weighted by molar-refractivity contribution is 0.181. The number of benzene rings is 1. The fourth-order valence-corrected chi connectivity index (χ4v) is 3.00. The van der Waals surface area contributed by atoms with Crippen molar-refractivity contribution in [2.75, 3.05) is 7.11 Å². The molecule has 4 rings (SSSR count). The number of aromatic nitrogens is 4. The SMILES string of the molecule is COCc1nn2c(-c3cccnc3)ccnc2c1-c1ccc(Cl)cc1. The van der Waals surface area contributed by atoms with Gasteiger partial charge in [-0.3, -0.25) is 4.98 Å². The summed E-state index contributed by atoms with van der Waals surface area (Å²) in [6.45, 7) is 0.397. The summed E-state index contributed by atoms with van der Waals surface area (Å²) in [5.74, 6) is 0. The first-order valence-corrected chi connectivity index (χ1v) is 8.17. The van der Waals surface area contributed by atoms with Crippen LogP contribution in [-0.2, 0) is 11.3 Å². The molecule has 3 heterocycles. The summed E-state index contributed by atoms with van der Waals surface area (Å²) < 4.78 is 7.19. The normalized spacial score (nSPS) is 11.1. The van der Waals surface area contributed by atoms with Crippen molar-refractivity contribution in [3.05, 3.63) is 71.8 Å². The summed E-state index contributed by atoms with van der Waals surface area (Å²) in [6, 6.07) is 13.5. The van der Waals surface area contributed by atoms with Gasteiger partial charge < -0.3 is 4.74 Å². The Balaban J connectivity index is 1.99. The van der Waals surface area contributed by atoms with Gasteiger partial charge in [-0.05, 0) is 35.9 Å². The minimum Gasteiger partial charge on any atom is -0.378 e. The van der Waals surface area contributed by atoms with Gasteiger partial charge in [0.05, 0.1) is 23.6 Å². The summed E-state index contributed by atoms with van der Waals surface area (Å²) in [5, 5.41) is 5.44. The number of hydrogen-bond donors (Lipinski definition) is 0. The van der Waals surface area contributed by atoms with E-state index in [0.717, 1.165) is 33.7 Å². The molecule has 124 valence electrons. The Hall–Kier alpha value is -2.76. The van der Waals surface area contributed by atoms with Gasteiger partial charge in [-0.2, -0.15) is 5.10 Å². The molecule has 0 aliphatic heterocycles. The van der Waals surface area contributed by atoms with Gasteiger partial charge in [0.1, 0.15) is 0 Å². The van der Waals surface area contributed by atoms with Gasteiger partial charge in [-0.25, -0.2) is 9.50 Å². The van der Waals surface area contributed by atoms with Crippen LogP contribution in [0.4, 0.5) is 0 Å². The van der Waals surface area contributed by atoms with E-state index in [-0.39, 0.29) is 0 Å². The zero-order valence-corrected chi connectivity index (χ0v) is 14.3. The minimum atomic E-state index is 0.397. The van der Waals surface area contributed by atoms with E-state index in [1.165, 1.54) is 0 Å². The summed E-state index contributed by atoms with van der Waals surface area (Å²) in [7, 11) is 1.66. The molecule has 0 saturated carbocycles. The van der Waals surface area contributed by atoms with Gasteiger partial charge in [-0.15, -0.1) is 0 Å². The number of hydrogen-bond acceptors (Lipinski definition) is 4. The van der Waals surface area contributed by atoms with Crippen LogP contribution in [0.15, 0.2) is 61.1 Å². The third-order valence-corrected chi connectivity index (χ3v) is 4.21. The predicted octanol–water partition coefficient (Wildman–Crippen LogP) is 4.26. The molecule has 0 unspecified atom stereocenters. The van der Waals surface area contributed by atoms with E-state index in [0.29, 0.717) is 11.6 Å². The number of halogens is 1. The van der Waals surface area contributed by atoms with Crippen LogP contribution in [0, 0.1) is 0 Å². The first-order valence-electron chi connectivity index (χ1n) is 7.80. The van der Waals surface area contributed by atoms with Crippen LogP contribution in [0.2, 0.25) is 5.02 Å². The van der Waals surface area contributed by atoms with Crippen LogP contribution in [0.25, 0.3) is 28.0 Å². The zero-order valence-electron chi connectivity index (χ0n) is 13.6. The van der Waals surface area contributed by atoms with Crippen molar-refractivity contribution in [1.82, 2.24) is 19.6 Å². The van der Waals surface area contributed by atoms with Crippen molar-refractivity contribution in [3.8, 4) is 22.4 Å². The molecule has 0 N–H and O–H groups in total. The highest BCUT2D eigenvalue weighted by Gasteiger charge is 2.18. The lowest BCUT2D eigenvalue weighted by atomic mass is 10.1. The monoisotopic (exact) mass is 350 g/mol. The molecule has 4 aromatic rings. The van der Waals surface area contributed by atoms with E-state index in [1.54, 1.807) is 19.5 Å². The Morgan fingerprint density at radius 2 is 1.88 bits per heavy atom. The molecule has 0 aliphatic carbocycles. The Labute approximate surface area is 149 Å². The topological polar surface area (TPSA) is 52.3 Å². The van der Waals surface area contributed by atoms with Crippen molar-refractivity contribution in [1.29, 1.82) is 0 Å². The Morgan fingerprint density at radius 3 is 2.60 bits per heavy atom. The highest BCUT2D eigenvalue weighted by atomic mass is 35.5. The van der Waals surface area contributed by atoms with Crippen LogP contribution in [0.5, 0.6) is 0 Å². The third kappa shape index (κ3) is 2.88. The van der Waals surface area contributed by atoms with Crippen molar-refractivity contribution in [2.45, 2.75) is 6.61 Å². The molecule has 0 radical (unpaired) electrons. The van der Waals surface area contributed by atoms with E-state index in [2.05, 4.69) is 9.97 Å². The molecule has 0 fully saturated rings. The van der Waals surface area contributed by atoms with Crippen LogP contribution in [0.3, 0.4) is 0 Å². The number of methoxy groups -OCH3 is 1. The third-order valence-electron chi connectivity index (χ3n) is 3.96. The van der Waals surface area contributed by atoms with E-state index in [4.69, 9.17) is 21.4 Å². The number of fused-ring (bicyclic) bond motifs is 1. The zero-order chi connectivity index (χ0) is 17.2. The maximum atomic E-state index is 6.03. The highest BCUT2D eigenvalue weighted by Crippen LogP contribution is 2.31. The lowest BCUT2D eigenvalue weighted by Gasteiger charge is -2.05. The molecule has 25 heavy (non-hydrogen) atoms. The highest BCUT2D eigenvalue weighted by molar-refractivity contribution is 6.30. The van der Waals surface area contributed by atoms with Crippen LogP contribution >= 0.6 is 11.6 Å². The molecule has 5 nitrogen and oxygen atoms in total. The standard InChI is InChI=1S/C19H15ClN4O/c1-25-12-16-18(13-4-6-15(20)7-5-13)19-22-10-8-17(24(19)23-16)14-3-2-9-21-11-14/h2-11H,12H2,1H3. The summed E-state index contributed by atoms with van der Waals surface area (Å²) in [5.41, 5.74) is 5.45. The average Bonchev–Trinajstić information content (AvgIpc) is 3.01. The molecule has 1 aromatic carbocycles. The van der Waals surface area contributed by atoms with Gasteiger partial charge in [0.15, 0.2) is 5.65 Å². The second kappa shape index (κ2) is 6.63. The maximum absolute atomic E-state index is 6.03. The quantitative estimate of drug-likeness (QED) is 0.552. The van der Waals surface area contributed by atoms with E-state index >= 15 is 0 Å². The maximum Gasteiger partial charge on any atom is 0.163 e. The Bertz CT molecular complexity index is 1010. The molecule has 3 aromatic heterocycles. The van der Waals surface area contributed by atoms with Crippen LogP contribution < -0.4 is 0 Å². The van der Waals surface area contributed by atoms with Gasteiger partial charge in [0, 0.05) is 36.3 Å². The van der Waals surface area contributed by atoms with Crippen molar-refractivity contribution >= 4 is 17.2 Å². The first-order chi connectivity index (χ1) is 12.3. The second-order valence-electron chi connectivity index (χ2n) is 5.57. The molecular formula is C19H15ClN4O. The number of nitrogens with zero attached hydrogens (tertiary/aromatic N) is 4. The number of ether oxygens (including phenoxy) is 1.